The minimum Gasteiger partial charge on any atom is -0.124 e. The van der Waals surface area contributed by atoms with E-state index in [0.717, 1.165) is 0 Å². The maximum Gasteiger partial charge on any atom is 0.110 e. The summed E-state index contributed by atoms with van der Waals surface area (Å²) in [5, 5.41) is 0. The summed E-state index contributed by atoms with van der Waals surface area (Å²) in [6, 6.07) is 0. The second kappa shape index (κ2) is 3.12. The zero-order chi connectivity index (χ0) is 6.08. The molecule has 0 aliphatic rings. The molecule has 0 amide bonds. The van der Waals surface area contributed by atoms with E-state index in [0.29, 0.717) is 3.53 Å². The van der Waals surface area contributed by atoms with Crippen LogP contribution < -0.4 is 0 Å². The summed E-state index contributed by atoms with van der Waals surface area (Å²) in [5.74, 6) is 0. The molecule has 0 aromatic rings. The number of thiol groups is 4. The van der Waals surface area contributed by atoms with Gasteiger partial charge >= 0.3 is 0 Å². The molecule has 0 nitrogen and oxygen atoms in total. The van der Waals surface area contributed by atoms with Gasteiger partial charge in [0.25, 0.3) is 0 Å². The van der Waals surface area contributed by atoms with Crippen molar-refractivity contribution in [3.8, 4) is 0 Å². The van der Waals surface area contributed by atoms with Crippen molar-refractivity contribution < 1.29 is 0 Å². The zero-order valence-corrected chi connectivity index (χ0v) is 8.32. The fourth-order valence-electron chi connectivity index (χ4n) is 0. The minimum atomic E-state index is -1.56. The van der Waals surface area contributed by atoms with E-state index in [1.54, 1.807) is 0 Å². The van der Waals surface area contributed by atoms with E-state index in [1.807, 2.05) is 0 Å². The molecule has 0 heterocycles. The van der Waals surface area contributed by atoms with E-state index >= 15 is 0 Å². The molecule has 0 aliphatic heterocycles. The van der Waals surface area contributed by atoms with E-state index < -0.39 is 7.12 Å². The predicted molar refractivity (Wildman–Crippen MR) is 56.1 cm³/mol. The van der Waals surface area contributed by atoms with Crippen LogP contribution in [0.3, 0.4) is 0 Å². The summed E-state index contributed by atoms with van der Waals surface area (Å²) in [7, 11) is -1.56. The SMILES string of the molecule is S=C(S)S(S)(S)S. The second-order valence-corrected chi connectivity index (χ2v) is 11.5. The van der Waals surface area contributed by atoms with Crippen LogP contribution in [-0.4, -0.2) is 3.53 Å². The Hall–Kier alpha value is 1.84. The largest absolute Gasteiger partial charge is 0.124 e. The molecule has 0 radical (unpaired) electrons. The first kappa shape index (κ1) is 8.84. The molecule has 6 heteroatoms. The van der Waals surface area contributed by atoms with E-state index in [4.69, 9.17) is 0 Å². The van der Waals surface area contributed by atoms with E-state index in [-0.39, 0.29) is 0 Å². The normalized spacial score (nSPS) is 13.7. The Bertz CT molecular complexity index is 76.7. The number of thiocarbonyl (C=S) groups is 1. The summed E-state index contributed by atoms with van der Waals surface area (Å²) < 4.78 is 0.447. The molecule has 0 atom stereocenters. The van der Waals surface area contributed by atoms with Gasteiger partial charge in [-0.15, -0.1) is 47.6 Å². The van der Waals surface area contributed by atoms with Crippen molar-refractivity contribution in [2.75, 3.05) is 0 Å². The van der Waals surface area contributed by atoms with E-state index in [9.17, 15) is 0 Å². The van der Waals surface area contributed by atoms with Crippen molar-refractivity contribution in [3.63, 3.8) is 0 Å². The maximum absolute atomic E-state index is 4.60. The topological polar surface area (TPSA) is 0 Å². The van der Waals surface area contributed by atoms with Crippen molar-refractivity contribution in [1.82, 2.24) is 0 Å². The molecule has 0 saturated heterocycles. The highest BCUT2D eigenvalue weighted by Gasteiger charge is 2.09. The molecule has 0 bridgehead atoms. The first-order chi connectivity index (χ1) is 2.94. The van der Waals surface area contributed by atoms with Gasteiger partial charge in [0.15, 0.2) is 0 Å². The molecule has 7 heavy (non-hydrogen) atoms. The summed E-state index contributed by atoms with van der Waals surface area (Å²) in [6.45, 7) is 0. The Kier molecular flexibility index (Phi) is 3.94. The molecule has 0 aromatic carbocycles. The summed E-state index contributed by atoms with van der Waals surface area (Å²) in [6.07, 6.45) is 0. The second-order valence-electron chi connectivity index (χ2n) is 0.785. The molecule has 0 spiro atoms. The molecule has 0 N–H and O–H groups in total. The monoisotopic (exact) mass is 208 g/mol. The third kappa shape index (κ3) is 4.35. The number of rotatable bonds is 0. The lowest BCUT2D eigenvalue weighted by Gasteiger charge is -2.16. The highest BCUT2D eigenvalue weighted by Crippen LogP contribution is 2.63. The summed E-state index contributed by atoms with van der Waals surface area (Å²) >= 11 is 20.3. The Balaban J connectivity index is 3.79. The Morgan fingerprint density at radius 3 is 1.43 bits per heavy atom. The summed E-state index contributed by atoms with van der Waals surface area (Å²) in [5.41, 5.74) is 0. The van der Waals surface area contributed by atoms with Crippen molar-refractivity contribution in [3.05, 3.63) is 0 Å². The van der Waals surface area contributed by atoms with Crippen LogP contribution in [0.25, 0.3) is 0 Å². The Morgan fingerprint density at radius 2 is 1.43 bits per heavy atom. The number of hydrogen-bond acceptors (Lipinski definition) is 4. The van der Waals surface area contributed by atoms with Gasteiger partial charge in [-0.1, -0.05) is 19.3 Å². The van der Waals surface area contributed by atoms with E-state index in [1.165, 1.54) is 0 Å². The maximum atomic E-state index is 4.60. The molecule has 0 saturated carbocycles. The van der Waals surface area contributed by atoms with Crippen molar-refractivity contribution in [1.29, 1.82) is 0 Å². The predicted octanol–water partition coefficient (Wildman–Crippen LogP) is 2.54. The van der Waals surface area contributed by atoms with Crippen molar-refractivity contribution in [2.45, 2.75) is 0 Å². The van der Waals surface area contributed by atoms with Gasteiger partial charge in [-0.2, -0.15) is 0 Å². The van der Waals surface area contributed by atoms with Gasteiger partial charge in [0.1, 0.15) is 3.53 Å². The van der Waals surface area contributed by atoms with Crippen LogP contribution in [0.4, 0.5) is 0 Å². The number of hydrogen-bond donors (Lipinski definition) is 4. The first-order valence-electron chi connectivity index (χ1n) is 1.18. The molecular formula is CH4S6. The van der Waals surface area contributed by atoms with Gasteiger partial charge < -0.3 is 0 Å². The first-order valence-corrected chi connectivity index (χ1v) is 6.83. The van der Waals surface area contributed by atoms with Crippen LogP contribution >= 0.6 is 67.0 Å². The Morgan fingerprint density at radius 1 is 1.29 bits per heavy atom. The van der Waals surface area contributed by atoms with Gasteiger partial charge in [0, 0.05) is 0 Å². The van der Waals surface area contributed by atoms with Crippen molar-refractivity contribution in [2.24, 2.45) is 0 Å². The average Bonchev–Trinajstić information content (AvgIpc) is 1.31. The highest BCUT2D eigenvalue weighted by molar-refractivity contribution is 9.47. The van der Waals surface area contributed by atoms with Gasteiger partial charge in [-0.3, -0.25) is 0 Å². The fourth-order valence-corrected chi connectivity index (χ4v) is 0. The van der Waals surface area contributed by atoms with Crippen molar-refractivity contribution >= 4 is 70.5 Å². The quantitative estimate of drug-likeness (QED) is 0.270. The summed E-state index contributed by atoms with van der Waals surface area (Å²) in [4.78, 5) is 0. The average molecular weight is 208 g/mol. The van der Waals surface area contributed by atoms with Crippen LogP contribution in [-0.2, 0) is 0 Å². The third-order valence-electron chi connectivity index (χ3n) is 0.234. The van der Waals surface area contributed by atoms with Gasteiger partial charge in [0.2, 0.25) is 0 Å². The fraction of sp³-hybridized carbons (Fsp3) is 0. The molecular weight excluding hydrogens is 204 g/mol. The van der Waals surface area contributed by atoms with Crippen LogP contribution in [0.2, 0.25) is 0 Å². The Labute approximate surface area is 70.0 Å². The van der Waals surface area contributed by atoms with Crippen LogP contribution in [0.5, 0.6) is 0 Å². The highest BCUT2D eigenvalue weighted by atomic mass is 33.8. The molecule has 0 aliphatic carbocycles. The van der Waals surface area contributed by atoms with Crippen LogP contribution in [0.15, 0.2) is 0 Å². The zero-order valence-electron chi connectivity index (χ0n) is 3.11. The lowest BCUT2D eigenvalue weighted by Crippen LogP contribution is -1.76. The molecule has 0 fully saturated rings. The minimum absolute atomic E-state index is 0.447. The van der Waals surface area contributed by atoms with E-state index in [2.05, 4.69) is 59.8 Å². The van der Waals surface area contributed by atoms with Gasteiger partial charge in [0.05, 0.1) is 0 Å². The standard InChI is InChI=1S/CH4S6/c2-1(3)7(4,5)6/h4-6H,(H,2,3). The lowest BCUT2D eigenvalue weighted by molar-refractivity contribution is 4.17. The smallest absolute Gasteiger partial charge is 0.110 e. The lowest BCUT2D eigenvalue weighted by atomic mass is 11.9. The van der Waals surface area contributed by atoms with Crippen LogP contribution in [0, 0.1) is 0 Å². The van der Waals surface area contributed by atoms with Gasteiger partial charge in [-0.25, -0.2) is 0 Å². The van der Waals surface area contributed by atoms with Gasteiger partial charge in [-0.05, 0) is 0 Å². The molecule has 0 rings (SSSR count). The third-order valence-corrected chi connectivity index (χ3v) is 6.33. The molecule has 44 valence electrons. The molecule has 0 aromatic heterocycles. The molecule has 0 unspecified atom stereocenters. The van der Waals surface area contributed by atoms with Crippen LogP contribution in [0.1, 0.15) is 0 Å².